The SMILES string of the molecule is C[S@@](=N)(=O)c1cccc(NC(=O)c2c(C(F)(F)F)c(C3(F)CC3)nn2CC2C[C@H]2C(F)(F)F)c1. The average Bonchev–Trinajstić information content (AvgIpc) is 3.58. The van der Waals surface area contributed by atoms with Crippen LogP contribution in [-0.2, 0) is 28.1 Å². The normalized spacial score (nSPS) is 23.3. The molecule has 0 saturated heterocycles. The molecule has 14 heteroatoms. The van der Waals surface area contributed by atoms with Gasteiger partial charge in [-0.1, -0.05) is 6.07 Å². The van der Waals surface area contributed by atoms with Crippen LogP contribution in [0.4, 0.5) is 36.4 Å². The van der Waals surface area contributed by atoms with E-state index in [-0.39, 0.29) is 29.8 Å². The van der Waals surface area contributed by atoms with Crippen molar-refractivity contribution in [2.45, 2.75) is 48.7 Å². The van der Waals surface area contributed by atoms with Gasteiger partial charge in [-0.3, -0.25) is 9.48 Å². The summed E-state index contributed by atoms with van der Waals surface area (Å²) < 4.78 is 116. The molecule has 2 N–H and O–H groups in total. The highest BCUT2D eigenvalue weighted by Gasteiger charge is 2.58. The van der Waals surface area contributed by atoms with E-state index >= 15 is 0 Å². The summed E-state index contributed by atoms with van der Waals surface area (Å²) in [6.07, 6.45) is -9.47. The van der Waals surface area contributed by atoms with Gasteiger partial charge in [-0.25, -0.2) is 13.4 Å². The number of carbonyl (C=O) groups is 1. The van der Waals surface area contributed by atoms with E-state index < -0.39 is 69.0 Å². The lowest BCUT2D eigenvalue weighted by atomic mass is 10.1. The van der Waals surface area contributed by atoms with Gasteiger partial charge in [0.1, 0.15) is 17.0 Å². The van der Waals surface area contributed by atoms with Crippen molar-refractivity contribution in [1.82, 2.24) is 9.78 Å². The third kappa shape index (κ3) is 4.77. The molecule has 2 fully saturated rings. The van der Waals surface area contributed by atoms with Gasteiger partial charge in [-0.05, 0) is 43.4 Å². The molecule has 1 amide bonds. The summed E-state index contributed by atoms with van der Waals surface area (Å²) in [6.45, 7) is -0.637. The molecule has 4 rings (SSSR count). The van der Waals surface area contributed by atoms with E-state index in [1.54, 1.807) is 0 Å². The molecule has 1 unspecified atom stereocenters. The standard InChI is InChI=1S/C20H19F7N4O2S/c1-34(28,33)12-4-2-3-11(8-12)29-17(32)15-14(20(25,26)27)16(18(21)5-6-18)30-31(15)9-10-7-13(10)19(22,23)24/h2-4,8,10,13,28H,5-7,9H2,1H3,(H,29,32)/t10?,13-,34-/m1/s1. The van der Waals surface area contributed by atoms with E-state index in [1.165, 1.54) is 18.2 Å². The van der Waals surface area contributed by atoms with Gasteiger partial charge in [0.2, 0.25) is 0 Å². The Hall–Kier alpha value is -2.64. The van der Waals surface area contributed by atoms with Crippen molar-refractivity contribution in [1.29, 1.82) is 4.78 Å². The summed E-state index contributed by atoms with van der Waals surface area (Å²) in [6, 6.07) is 5.08. The van der Waals surface area contributed by atoms with Crippen molar-refractivity contribution in [2.24, 2.45) is 11.8 Å². The van der Waals surface area contributed by atoms with Crippen LogP contribution in [0.5, 0.6) is 0 Å². The van der Waals surface area contributed by atoms with E-state index in [9.17, 15) is 39.7 Å². The van der Waals surface area contributed by atoms with Gasteiger partial charge < -0.3 is 5.32 Å². The summed E-state index contributed by atoms with van der Waals surface area (Å²) in [5.41, 5.74) is -6.21. The molecule has 2 aliphatic carbocycles. The van der Waals surface area contributed by atoms with E-state index in [2.05, 4.69) is 10.4 Å². The summed E-state index contributed by atoms with van der Waals surface area (Å²) in [4.78, 5) is 13.0. The maximum atomic E-state index is 14.8. The summed E-state index contributed by atoms with van der Waals surface area (Å²) >= 11 is 0. The smallest absolute Gasteiger partial charge is 0.321 e. The molecule has 2 aliphatic rings. The minimum absolute atomic E-state index is 0.00207. The molecule has 1 heterocycles. The quantitative estimate of drug-likeness (QED) is 0.512. The van der Waals surface area contributed by atoms with Crippen molar-refractivity contribution in [3.05, 3.63) is 41.2 Å². The predicted molar refractivity (Wildman–Crippen MR) is 106 cm³/mol. The third-order valence-corrected chi connectivity index (χ3v) is 7.01. The molecular formula is C20H19F7N4O2S. The fourth-order valence-corrected chi connectivity index (χ4v) is 4.52. The second-order valence-corrected chi connectivity index (χ2v) is 10.8. The fourth-order valence-electron chi connectivity index (χ4n) is 3.83. The third-order valence-electron chi connectivity index (χ3n) is 5.86. The molecule has 34 heavy (non-hydrogen) atoms. The molecule has 1 aromatic heterocycles. The van der Waals surface area contributed by atoms with Gasteiger partial charge in [-0.15, -0.1) is 0 Å². The number of aromatic nitrogens is 2. The lowest BCUT2D eigenvalue weighted by Crippen LogP contribution is -2.24. The highest BCUT2D eigenvalue weighted by atomic mass is 32.2. The van der Waals surface area contributed by atoms with Crippen molar-refractivity contribution >= 4 is 21.3 Å². The van der Waals surface area contributed by atoms with Gasteiger partial charge in [-0.2, -0.15) is 31.4 Å². The van der Waals surface area contributed by atoms with Crippen LogP contribution >= 0.6 is 0 Å². The Labute approximate surface area is 189 Å². The predicted octanol–water partition coefficient (Wildman–Crippen LogP) is 5.35. The van der Waals surface area contributed by atoms with E-state index in [1.807, 2.05) is 0 Å². The molecule has 6 nitrogen and oxygen atoms in total. The Morgan fingerprint density at radius 2 is 1.91 bits per heavy atom. The zero-order valence-electron chi connectivity index (χ0n) is 17.6. The highest BCUT2D eigenvalue weighted by Crippen LogP contribution is 2.54. The number of hydrogen-bond donors (Lipinski definition) is 2. The molecule has 186 valence electrons. The van der Waals surface area contributed by atoms with E-state index in [0.29, 0.717) is 4.68 Å². The van der Waals surface area contributed by atoms with Crippen molar-refractivity contribution in [3.63, 3.8) is 0 Å². The fraction of sp³-hybridized carbons (Fsp3) is 0.500. The Balaban J connectivity index is 1.75. The number of carbonyl (C=O) groups excluding carboxylic acids is 1. The number of hydrogen-bond acceptors (Lipinski definition) is 4. The first-order valence-electron chi connectivity index (χ1n) is 10.1. The van der Waals surface area contributed by atoms with Crippen LogP contribution in [0.1, 0.15) is 41.0 Å². The number of halogens is 7. The lowest BCUT2D eigenvalue weighted by molar-refractivity contribution is -0.151. The van der Waals surface area contributed by atoms with Gasteiger partial charge in [0.15, 0.2) is 5.67 Å². The van der Waals surface area contributed by atoms with Crippen LogP contribution in [0.2, 0.25) is 0 Å². The number of alkyl halides is 7. The molecule has 0 bridgehead atoms. The molecule has 1 aromatic carbocycles. The second-order valence-electron chi connectivity index (χ2n) is 8.69. The van der Waals surface area contributed by atoms with Crippen molar-refractivity contribution in [2.75, 3.05) is 11.6 Å². The molecule has 0 spiro atoms. The molecule has 0 aliphatic heterocycles. The van der Waals surface area contributed by atoms with E-state index in [0.717, 1.165) is 12.3 Å². The Morgan fingerprint density at radius 1 is 1.26 bits per heavy atom. The first kappa shape index (κ1) is 24.5. The number of nitrogens with one attached hydrogen (secondary N) is 2. The zero-order chi connectivity index (χ0) is 25.3. The number of nitrogens with zero attached hydrogens (tertiary/aromatic N) is 2. The van der Waals surface area contributed by atoms with Crippen LogP contribution in [0.25, 0.3) is 0 Å². The van der Waals surface area contributed by atoms with E-state index in [4.69, 9.17) is 4.78 Å². The first-order valence-corrected chi connectivity index (χ1v) is 12.1. The number of anilines is 1. The average molecular weight is 512 g/mol. The van der Waals surface area contributed by atoms with Gasteiger partial charge in [0.25, 0.3) is 5.91 Å². The van der Waals surface area contributed by atoms with Crippen LogP contribution in [-0.4, -0.2) is 32.3 Å². The summed E-state index contributed by atoms with van der Waals surface area (Å²) in [7, 11) is -3.21. The highest BCUT2D eigenvalue weighted by molar-refractivity contribution is 7.91. The monoisotopic (exact) mass is 512 g/mol. The van der Waals surface area contributed by atoms with Gasteiger partial charge >= 0.3 is 12.4 Å². The van der Waals surface area contributed by atoms with Crippen LogP contribution in [0, 0.1) is 16.6 Å². The molecule has 3 atom stereocenters. The minimum Gasteiger partial charge on any atom is -0.321 e. The summed E-state index contributed by atoms with van der Waals surface area (Å²) in [5, 5.41) is 5.83. The van der Waals surface area contributed by atoms with Crippen molar-refractivity contribution < 1.29 is 39.7 Å². The maximum absolute atomic E-state index is 14.8. The molecule has 2 aromatic rings. The van der Waals surface area contributed by atoms with Crippen LogP contribution in [0.15, 0.2) is 29.2 Å². The Kier molecular flexibility index (Phi) is 5.53. The number of benzene rings is 1. The zero-order valence-corrected chi connectivity index (χ0v) is 18.4. The first-order chi connectivity index (χ1) is 15.5. The number of amides is 1. The second kappa shape index (κ2) is 7.68. The minimum atomic E-state index is -5.20. The Bertz CT molecular complexity index is 1250. The molecule has 2 saturated carbocycles. The van der Waals surface area contributed by atoms with Gasteiger partial charge in [0, 0.05) is 23.4 Å². The topological polar surface area (TPSA) is 87.8 Å². The molecule has 0 radical (unpaired) electrons. The molecular weight excluding hydrogens is 493 g/mol. The summed E-state index contributed by atoms with van der Waals surface area (Å²) in [5.74, 6) is -4.19. The maximum Gasteiger partial charge on any atom is 0.420 e. The van der Waals surface area contributed by atoms with Crippen LogP contribution < -0.4 is 5.32 Å². The largest absolute Gasteiger partial charge is 0.420 e. The lowest BCUT2D eigenvalue weighted by Gasteiger charge is -2.14. The van der Waals surface area contributed by atoms with Crippen LogP contribution in [0.3, 0.4) is 0 Å². The van der Waals surface area contributed by atoms with Gasteiger partial charge in [0.05, 0.1) is 15.6 Å². The Morgan fingerprint density at radius 3 is 2.41 bits per heavy atom. The van der Waals surface area contributed by atoms with Crippen molar-refractivity contribution in [3.8, 4) is 0 Å². The number of rotatable bonds is 6.